The quantitative estimate of drug-likeness (QED) is 0.684. The third kappa shape index (κ3) is 2.82. The zero-order valence-corrected chi connectivity index (χ0v) is 12.7. The molecular formula is C14H12F3N5O2. The predicted octanol–water partition coefficient (Wildman–Crippen LogP) is 2.23. The molecular weight excluding hydrogens is 327 g/mol. The minimum absolute atomic E-state index is 0.103. The van der Waals surface area contributed by atoms with Crippen LogP contribution in [-0.2, 0) is 11.8 Å². The van der Waals surface area contributed by atoms with E-state index in [-0.39, 0.29) is 22.5 Å². The van der Waals surface area contributed by atoms with Gasteiger partial charge in [0.05, 0.1) is 11.9 Å². The summed E-state index contributed by atoms with van der Waals surface area (Å²) in [7, 11) is 1.47. The van der Waals surface area contributed by atoms with Gasteiger partial charge in [-0.3, -0.25) is 4.68 Å². The molecule has 0 fully saturated rings. The Hall–Kier alpha value is -2.91. The number of aryl methyl sites for hydroxylation is 2. The number of aromatic nitrogens is 5. The number of carbonyl (C=O) groups excluding carboxylic acids is 1. The van der Waals surface area contributed by atoms with Crippen LogP contribution in [-0.4, -0.2) is 36.5 Å². The van der Waals surface area contributed by atoms with Crippen LogP contribution in [0.15, 0.2) is 30.9 Å². The van der Waals surface area contributed by atoms with Crippen molar-refractivity contribution in [1.29, 1.82) is 0 Å². The van der Waals surface area contributed by atoms with Gasteiger partial charge in [-0.25, -0.2) is 14.3 Å². The highest BCUT2D eigenvalue weighted by atomic mass is 19.4. The van der Waals surface area contributed by atoms with E-state index in [1.54, 1.807) is 6.07 Å². The van der Waals surface area contributed by atoms with E-state index < -0.39 is 18.2 Å². The number of rotatable bonds is 3. The van der Waals surface area contributed by atoms with Crippen molar-refractivity contribution in [1.82, 2.24) is 24.4 Å². The summed E-state index contributed by atoms with van der Waals surface area (Å²) in [6.45, 7) is 1.50. The smallest absolute Gasteiger partial charge is 0.429 e. The SMILES string of the molecule is Cc1nn2cccnc2c1C(=O)OC(c1cnn(C)c1)C(F)(F)F. The summed E-state index contributed by atoms with van der Waals surface area (Å²) in [5, 5.41) is 7.72. The van der Waals surface area contributed by atoms with Gasteiger partial charge in [0, 0.05) is 31.2 Å². The van der Waals surface area contributed by atoms with E-state index in [4.69, 9.17) is 4.74 Å². The van der Waals surface area contributed by atoms with Gasteiger partial charge in [0.25, 0.3) is 0 Å². The molecule has 0 aliphatic carbocycles. The maximum atomic E-state index is 13.3. The van der Waals surface area contributed by atoms with Crippen LogP contribution in [0.4, 0.5) is 13.2 Å². The Morgan fingerprint density at radius 1 is 1.38 bits per heavy atom. The van der Waals surface area contributed by atoms with E-state index in [0.29, 0.717) is 0 Å². The molecule has 10 heteroatoms. The van der Waals surface area contributed by atoms with E-state index in [1.807, 2.05) is 0 Å². The van der Waals surface area contributed by atoms with Crippen LogP contribution in [0.25, 0.3) is 5.65 Å². The second-order valence-corrected chi connectivity index (χ2v) is 5.12. The lowest BCUT2D eigenvalue weighted by Gasteiger charge is -2.19. The summed E-state index contributed by atoms with van der Waals surface area (Å²) in [5.41, 5.74) is -0.00732. The van der Waals surface area contributed by atoms with Gasteiger partial charge in [-0.1, -0.05) is 0 Å². The summed E-state index contributed by atoms with van der Waals surface area (Å²) in [4.78, 5) is 16.3. The summed E-state index contributed by atoms with van der Waals surface area (Å²) < 4.78 is 47.1. The Morgan fingerprint density at radius 3 is 2.75 bits per heavy atom. The molecule has 3 aromatic rings. The van der Waals surface area contributed by atoms with Gasteiger partial charge in [-0.2, -0.15) is 23.4 Å². The van der Waals surface area contributed by atoms with Crippen molar-refractivity contribution >= 4 is 11.6 Å². The fraction of sp³-hybridized carbons (Fsp3) is 0.286. The third-order valence-corrected chi connectivity index (χ3v) is 3.32. The number of esters is 1. The van der Waals surface area contributed by atoms with E-state index in [9.17, 15) is 18.0 Å². The average molecular weight is 339 g/mol. The lowest BCUT2D eigenvalue weighted by Crippen LogP contribution is -2.26. The Labute approximate surface area is 133 Å². The molecule has 24 heavy (non-hydrogen) atoms. The molecule has 3 heterocycles. The third-order valence-electron chi connectivity index (χ3n) is 3.32. The van der Waals surface area contributed by atoms with Gasteiger partial charge >= 0.3 is 12.1 Å². The molecule has 7 nitrogen and oxygen atoms in total. The molecule has 0 aromatic carbocycles. The number of ether oxygens (including phenoxy) is 1. The van der Waals surface area contributed by atoms with Crippen LogP contribution in [0.5, 0.6) is 0 Å². The van der Waals surface area contributed by atoms with Gasteiger partial charge < -0.3 is 4.74 Å². The maximum Gasteiger partial charge on any atom is 0.429 e. The van der Waals surface area contributed by atoms with Gasteiger partial charge in [0.2, 0.25) is 6.10 Å². The van der Waals surface area contributed by atoms with Crippen molar-refractivity contribution in [2.45, 2.75) is 19.2 Å². The lowest BCUT2D eigenvalue weighted by molar-refractivity contribution is -0.207. The number of hydrogen-bond acceptors (Lipinski definition) is 5. The predicted molar refractivity (Wildman–Crippen MR) is 75.1 cm³/mol. The highest BCUT2D eigenvalue weighted by Crippen LogP contribution is 2.36. The van der Waals surface area contributed by atoms with Crippen LogP contribution >= 0.6 is 0 Å². The van der Waals surface area contributed by atoms with Crippen molar-refractivity contribution in [3.63, 3.8) is 0 Å². The van der Waals surface area contributed by atoms with Crippen molar-refractivity contribution in [3.8, 4) is 0 Å². The number of halogens is 3. The Bertz CT molecular complexity index is 899. The molecule has 0 saturated carbocycles. The Balaban J connectivity index is 1.98. The highest BCUT2D eigenvalue weighted by Gasteiger charge is 2.45. The van der Waals surface area contributed by atoms with Crippen molar-refractivity contribution < 1.29 is 22.7 Å². The van der Waals surface area contributed by atoms with Crippen LogP contribution in [0, 0.1) is 6.92 Å². The molecule has 0 bridgehead atoms. The monoisotopic (exact) mass is 339 g/mol. The standard InChI is InChI=1S/C14H12F3N5O2/c1-8-10(12-18-4-3-5-22(12)20-8)13(23)24-11(14(15,16)17)9-6-19-21(2)7-9/h3-7,11H,1-2H3. The second kappa shape index (κ2) is 5.62. The molecule has 3 aromatic heterocycles. The molecule has 1 unspecified atom stereocenters. The molecule has 0 spiro atoms. The van der Waals surface area contributed by atoms with Crippen molar-refractivity contribution in [2.75, 3.05) is 0 Å². The summed E-state index contributed by atoms with van der Waals surface area (Å²) in [6.07, 6.45) is -2.09. The first kappa shape index (κ1) is 16.0. The number of alkyl halides is 3. The minimum atomic E-state index is -4.77. The number of nitrogens with zero attached hydrogens (tertiary/aromatic N) is 5. The minimum Gasteiger partial charge on any atom is -0.444 e. The first-order valence-corrected chi connectivity index (χ1v) is 6.83. The Morgan fingerprint density at radius 2 is 2.12 bits per heavy atom. The Kier molecular flexibility index (Phi) is 3.74. The molecule has 0 radical (unpaired) electrons. The molecule has 0 N–H and O–H groups in total. The first-order chi connectivity index (χ1) is 11.3. The van der Waals surface area contributed by atoms with Gasteiger partial charge in [0.1, 0.15) is 5.56 Å². The summed E-state index contributed by atoms with van der Waals surface area (Å²) >= 11 is 0. The molecule has 126 valence electrons. The van der Waals surface area contributed by atoms with Crippen LogP contribution in [0.3, 0.4) is 0 Å². The molecule has 0 aliphatic heterocycles. The molecule has 0 amide bonds. The number of carbonyl (C=O) groups is 1. The van der Waals surface area contributed by atoms with E-state index >= 15 is 0 Å². The normalized spacial score (nSPS) is 13.2. The highest BCUT2D eigenvalue weighted by molar-refractivity contribution is 5.97. The van der Waals surface area contributed by atoms with E-state index in [0.717, 1.165) is 12.4 Å². The number of fused-ring (bicyclic) bond motifs is 1. The summed E-state index contributed by atoms with van der Waals surface area (Å²) in [5.74, 6) is -1.15. The van der Waals surface area contributed by atoms with Crippen molar-refractivity contribution in [2.24, 2.45) is 7.05 Å². The molecule has 0 saturated heterocycles. The average Bonchev–Trinajstić information content (AvgIpc) is 3.05. The van der Waals surface area contributed by atoms with Gasteiger partial charge in [-0.15, -0.1) is 0 Å². The zero-order chi connectivity index (χ0) is 17.5. The van der Waals surface area contributed by atoms with Crippen LogP contribution < -0.4 is 0 Å². The van der Waals surface area contributed by atoms with Gasteiger partial charge in [-0.05, 0) is 13.0 Å². The van der Waals surface area contributed by atoms with E-state index in [1.165, 1.54) is 35.6 Å². The lowest BCUT2D eigenvalue weighted by atomic mass is 10.2. The van der Waals surface area contributed by atoms with Gasteiger partial charge in [0.15, 0.2) is 5.65 Å². The molecule has 3 rings (SSSR count). The van der Waals surface area contributed by atoms with Crippen LogP contribution in [0.1, 0.15) is 27.7 Å². The van der Waals surface area contributed by atoms with Crippen LogP contribution in [0.2, 0.25) is 0 Å². The zero-order valence-electron chi connectivity index (χ0n) is 12.7. The fourth-order valence-electron chi connectivity index (χ4n) is 2.30. The first-order valence-electron chi connectivity index (χ1n) is 6.83. The maximum absolute atomic E-state index is 13.3. The topological polar surface area (TPSA) is 74.3 Å². The van der Waals surface area contributed by atoms with E-state index in [2.05, 4.69) is 15.2 Å². The second-order valence-electron chi connectivity index (χ2n) is 5.12. The summed E-state index contributed by atoms with van der Waals surface area (Å²) in [6, 6.07) is 1.59. The molecule has 1 atom stereocenters. The van der Waals surface area contributed by atoms with Crippen molar-refractivity contribution in [3.05, 3.63) is 47.7 Å². The largest absolute Gasteiger partial charge is 0.444 e. The molecule has 0 aliphatic rings. The number of hydrogen-bond donors (Lipinski definition) is 0. The fourth-order valence-corrected chi connectivity index (χ4v) is 2.30.